The normalized spacial score (nSPS) is 26.4. The molecule has 0 bridgehead atoms. The molecule has 20 heavy (non-hydrogen) atoms. The van der Waals surface area contributed by atoms with E-state index in [1.54, 1.807) is 0 Å². The molecule has 0 aromatic heterocycles. The summed E-state index contributed by atoms with van der Waals surface area (Å²) in [5.41, 5.74) is 1.75. The third kappa shape index (κ3) is 2.06. The SMILES string of the molecule is CC[C@H]1COc2cc(B3OC(C)(C)C(C)(C)O3)ccc21. The maximum Gasteiger partial charge on any atom is 0.494 e. The van der Waals surface area contributed by atoms with Gasteiger partial charge < -0.3 is 14.0 Å². The van der Waals surface area contributed by atoms with E-state index in [2.05, 4.69) is 52.8 Å². The molecule has 108 valence electrons. The highest BCUT2D eigenvalue weighted by Gasteiger charge is 2.51. The first-order valence-electron chi connectivity index (χ1n) is 7.46. The van der Waals surface area contributed by atoms with Crippen molar-refractivity contribution in [1.82, 2.24) is 0 Å². The Balaban J connectivity index is 1.87. The predicted molar refractivity (Wildman–Crippen MR) is 80.7 cm³/mol. The van der Waals surface area contributed by atoms with E-state index in [1.807, 2.05) is 0 Å². The first-order chi connectivity index (χ1) is 9.34. The summed E-state index contributed by atoms with van der Waals surface area (Å²) in [5, 5.41) is 0. The van der Waals surface area contributed by atoms with Crippen LogP contribution in [0.1, 0.15) is 52.5 Å². The molecule has 2 aliphatic heterocycles. The largest absolute Gasteiger partial charge is 0.494 e. The molecule has 0 aliphatic carbocycles. The molecule has 1 fully saturated rings. The molecule has 2 aliphatic rings. The molecule has 2 heterocycles. The van der Waals surface area contributed by atoms with Crippen LogP contribution in [0.15, 0.2) is 18.2 Å². The van der Waals surface area contributed by atoms with Crippen molar-refractivity contribution < 1.29 is 14.0 Å². The Morgan fingerprint density at radius 3 is 2.40 bits per heavy atom. The maximum absolute atomic E-state index is 6.09. The van der Waals surface area contributed by atoms with Crippen LogP contribution in [0.4, 0.5) is 0 Å². The fourth-order valence-electron chi connectivity index (χ4n) is 2.76. The Hall–Kier alpha value is -0.995. The van der Waals surface area contributed by atoms with Gasteiger partial charge >= 0.3 is 7.12 Å². The van der Waals surface area contributed by atoms with Gasteiger partial charge in [-0.3, -0.25) is 0 Å². The highest BCUT2D eigenvalue weighted by molar-refractivity contribution is 6.62. The highest BCUT2D eigenvalue weighted by atomic mass is 16.7. The fourth-order valence-corrected chi connectivity index (χ4v) is 2.76. The van der Waals surface area contributed by atoms with Crippen molar-refractivity contribution in [3.8, 4) is 5.75 Å². The minimum atomic E-state index is -0.311. The zero-order valence-electron chi connectivity index (χ0n) is 13.0. The molecule has 1 aromatic carbocycles. The van der Waals surface area contributed by atoms with Crippen molar-refractivity contribution >= 4 is 12.6 Å². The van der Waals surface area contributed by atoms with Crippen LogP contribution >= 0.6 is 0 Å². The average Bonchev–Trinajstić information content (AvgIpc) is 2.87. The molecule has 1 saturated heterocycles. The second kappa shape index (κ2) is 4.50. The number of rotatable bonds is 2. The number of benzene rings is 1. The van der Waals surface area contributed by atoms with Gasteiger partial charge in [0.15, 0.2) is 0 Å². The zero-order valence-corrected chi connectivity index (χ0v) is 13.0. The Labute approximate surface area is 121 Å². The Bertz CT molecular complexity index is 508. The monoisotopic (exact) mass is 274 g/mol. The lowest BCUT2D eigenvalue weighted by Crippen LogP contribution is -2.41. The summed E-state index contributed by atoms with van der Waals surface area (Å²) < 4.78 is 18.0. The van der Waals surface area contributed by atoms with Crippen LogP contribution in [0.3, 0.4) is 0 Å². The van der Waals surface area contributed by atoms with Crippen LogP contribution < -0.4 is 10.2 Å². The first kappa shape index (κ1) is 14.0. The smallest absolute Gasteiger partial charge is 0.493 e. The lowest BCUT2D eigenvalue weighted by molar-refractivity contribution is 0.00578. The first-order valence-corrected chi connectivity index (χ1v) is 7.46. The van der Waals surface area contributed by atoms with E-state index >= 15 is 0 Å². The molecule has 0 radical (unpaired) electrons. The van der Waals surface area contributed by atoms with Crippen LogP contribution in [0.25, 0.3) is 0 Å². The summed E-state index contributed by atoms with van der Waals surface area (Å²) in [4.78, 5) is 0. The summed E-state index contributed by atoms with van der Waals surface area (Å²) in [6.07, 6.45) is 1.11. The number of hydrogen-bond donors (Lipinski definition) is 0. The molecule has 1 aromatic rings. The molecule has 4 heteroatoms. The molecule has 0 saturated carbocycles. The van der Waals surface area contributed by atoms with Gasteiger partial charge in [0, 0.05) is 11.5 Å². The third-order valence-corrected chi connectivity index (χ3v) is 4.94. The molecule has 3 nitrogen and oxygen atoms in total. The number of fused-ring (bicyclic) bond motifs is 1. The molecule has 3 rings (SSSR count). The van der Waals surface area contributed by atoms with Crippen molar-refractivity contribution in [3.63, 3.8) is 0 Å². The molecule has 0 unspecified atom stereocenters. The minimum absolute atomic E-state index is 0.302. The molecule has 0 spiro atoms. The van der Waals surface area contributed by atoms with Crippen molar-refractivity contribution in [2.24, 2.45) is 0 Å². The molecular weight excluding hydrogens is 251 g/mol. The van der Waals surface area contributed by atoms with Crippen molar-refractivity contribution in [1.29, 1.82) is 0 Å². The molecule has 0 N–H and O–H groups in total. The van der Waals surface area contributed by atoms with Crippen molar-refractivity contribution in [2.45, 2.75) is 58.2 Å². The Morgan fingerprint density at radius 2 is 1.80 bits per heavy atom. The maximum atomic E-state index is 6.09. The van der Waals surface area contributed by atoms with Gasteiger partial charge in [-0.25, -0.2) is 0 Å². The average molecular weight is 274 g/mol. The van der Waals surface area contributed by atoms with Gasteiger partial charge in [0.05, 0.1) is 17.8 Å². The summed E-state index contributed by atoms with van der Waals surface area (Å²) in [7, 11) is -0.311. The van der Waals surface area contributed by atoms with E-state index in [0.717, 1.165) is 24.2 Å². The highest BCUT2D eigenvalue weighted by Crippen LogP contribution is 2.38. The number of ether oxygens (including phenoxy) is 1. The second-order valence-corrected chi connectivity index (χ2v) is 6.80. The van der Waals surface area contributed by atoms with Gasteiger partial charge in [0.1, 0.15) is 5.75 Å². The summed E-state index contributed by atoms with van der Waals surface area (Å²) in [6, 6.07) is 6.35. The van der Waals surface area contributed by atoms with Crippen LogP contribution in [-0.2, 0) is 9.31 Å². The standard InChI is InChI=1S/C16H23BO3/c1-6-11-10-18-14-9-12(7-8-13(11)14)17-19-15(2,3)16(4,5)20-17/h7-9,11H,6,10H2,1-5H3/t11-/m0/s1. The van der Waals surface area contributed by atoms with Crippen LogP contribution in [-0.4, -0.2) is 24.9 Å². The fraction of sp³-hybridized carbons (Fsp3) is 0.625. The third-order valence-electron chi connectivity index (χ3n) is 4.94. The summed E-state index contributed by atoms with van der Waals surface area (Å²) in [5.74, 6) is 1.52. The minimum Gasteiger partial charge on any atom is -0.493 e. The lowest BCUT2D eigenvalue weighted by atomic mass is 9.78. The zero-order chi connectivity index (χ0) is 14.5. The van der Waals surface area contributed by atoms with Gasteiger partial charge in [-0.05, 0) is 45.6 Å². The van der Waals surface area contributed by atoms with Gasteiger partial charge in [0.2, 0.25) is 0 Å². The second-order valence-electron chi connectivity index (χ2n) is 6.80. The Morgan fingerprint density at radius 1 is 1.15 bits per heavy atom. The van der Waals surface area contributed by atoms with E-state index in [-0.39, 0.29) is 18.3 Å². The molecule has 0 amide bonds. The van der Waals surface area contributed by atoms with Crippen LogP contribution in [0.5, 0.6) is 5.75 Å². The number of hydrogen-bond acceptors (Lipinski definition) is 3. The quantitative estimate of drug-likeness (QED) is 0.776. The van der Waals surface area contributed by atoms with E-state index < -0.39 is 0 Å². The van der Waals surface area contributed by atoms with E-state index in [0.29, 0.717) is 5.92 Å². The Kier molecular flexibility index (Phi) is 3.14. The topological polar surface area (TPSA) is 27.7 Å². The molecular formula is C16H23BO3. The van der Waals surface area contributed by atoms with Gasteiger partial charge in [-0.1, -0.05) is 19.1 Å². The lowest BCUT2D eigenvalue weighted by Gasteiger charge is -2.32. The van der Waals surface area contributed by atoms with Crippen LogP contribution in [0.2, 0.25) is 0 Å². The van der Waals surface area contributed by atoms with E-state index in [1.165, 1.54) is 5.56 Å². The van der Waals surface area contributed by atoms with Crippen molar-refractivity contribution in [2.75, 3.05) is 6.61 Å². The van der Waals surface area contributed by atoms with Gasteiger partial charge in [0.25, 0.3) is 0 Å². The summed E-state index contributed by atoms with van der Waals surface area (Å²) in [6.45, 7) is 11.3. The molecule has 1 atom stereocenters. The summed E-state index contributed by atoms with van der Waals surface area (Å²) >= 11 is 0. The van der Waals surface area contributed by atoms with Crippen LogP contribution in [0, 0.1) is 0 Å². The van der Waals surface area contributed by atoms with E-state index in [4.69, 9.17) is 14.0 Å². The van der Waals surface area contributed by atoms with Gasteiger partial charge in [-0.2, -0.15) is 0 Å². The van der Waals surface area contributed by atoms with Crippen molar-refractivity contribution in [3.05, 3.63) is 23.8 Å². The van der Waals surface area contributed by atoms with E-state index in [9.17, 15) is 0 Å². The van der Waals surface area contributed by atoms with Gasteiger partial charge in [-0.15, -0.1) is 0 Å². The predicted octanol–water partition coefficient (Wildman–Crippen LogP) is 2.87.